The molecule has 4 heterocycles. The standard InChI is InChI=1S/C27H32N8O2S/c1-17-11-19(4-7-24(17)35-16-20-12-21(35)15-34(20)2)32-27-29-10-9-23(33-27)18-3-8-26(30-13-18)31-14-25(28)38(36,37)22-5-6-22/h3-4,7-11,13-14,20-22,28,36-37H,5-6,12,15-16H2,1-2H3,(H,29,32,33). The molecule has 2 bridgehead atoms. The van der Waals surface area contributed by atoms with Gasteiger partial charge >= 0.3 is 0 Å². The van der Waals surface area contributed by atoms with Crippen molar-refractivity contribution in [2.45, 2.75) is 43.5 Å². The van der Waals surface area contributed by atoms with Gasteiger partial charge in [-0.2, -0.15) is 0 Å². The third-order valence-corrected chi connectivity index (χ3v) is 9.76. The van der Waals surface area contributed by atoms with E-state index < -0.39 is 10.6 Å². The molecular weight excluding hydrogens is 500 g/mol. The van der Waals surface area contributed by atoms with Crippen LogP contribution in [0.1, 0.15) is 24.8 Å². The Bertz CT molecular complexity index is 1390. The smallest absolute Gasteiger partial charge is 0.227 e. The Balaban J connectivity index is 1.12. The van der Waals surface area contributed by atoms with Crippen molar-refractivity contribution in [2.75, 3.05) is 30.4 Å². The lowest BCUT2D eigenvalue weighted by atomic mass is 10.1. The van der Waals surface area contributed by atoms with Crippen LogP contribution in [0.15, 0.2) is 53.8 Å². The molecule has 2 aromatic heterocycles. The zero-order valence-electron chi connectivity index (χ0n) is 21.4. The number of nitrogens with zero attached hydrogens (tertiary/aromatic N) is 6. The van der Waals surface area contributed by atoms with Gasteiger partial charge < -0.3 is 10.2 Å². The van der Waals surface area contributed by atoms with E-state index in [4.69, 9.17) is 5.41 Å². The van der Waals surface area contributed by atoms with E-state index in [-0.39, 0.29) is 10.3 Å². The molecule has 2 unspecified atom stereocenters. The van der Waals surface area contributed by atoms with E-state index in [0.29, 0.717) is 29.5 Å². The minimum absolute atomic E-state index is 0.207. The second kappa shape index (κ2) is 9.73. The SMILES string of the molecule is Cc1cc(Nc2nccc(-c3ccc(N=CC(=N)S(O)(O)C4CC4)nc3)n2)ccc1N1CC2CC1CN2C. The first-order valence-electron chi connectivity index (χ1n) is 12.8. The lowest BCUT2D eigenvalue weighted by molar-refractivity contribution is 0.292. The van der Waals surface area contributed by atoms with Gasteiger partial charge in [-0.05, 0) is 75.2 Å². The van der Waals surface area contributed by atoms with Crippen LogP contribution in [0.2, 0.25) is 0 Å². The molecule has 6 rings (SSSR count). The normalized spacial score (nSPS) is 21.8. The second-order valence-corrected chi connectivity index (χ2v) is 12.6. The number of hydrogen-bond acceptors (Lipinski definition) is 10. The zero-order chi connectivity index (χ0) is 26.4. The van der Waals surface area contributed by atoms with E-state index in [1.54, 1.807) is 18.5 Å². The molecule has 1 aliphatic carbocycles. The number of nitrogens with one attached hydrogen (secondary N) is 2. The Morgan fingerprint density at radius 2 is 1.97 bits per heavy atom. The zero-order valence-corrected chi connectivity index (χ0v) is 22.3. The van der Waals surface area contributed by atoms with Gasteiger partial charge in [0, 0.05) is 54.5 Å². The Hall–Kier alpha value is -3.38. The summed E-state index contributed by atoms with van der Waals surface area (Å²) in [6.45, 7) is 4.37. The molecule has 10 nitrogen and oxygen atoms in total. The largest absolute Gasteiger partial charge is 0.365 e. The van der Waals surface area contributed by atoms with Crippen molar-refractivity contribution in [3.8, 4) is 11.3 Å². The van der Waals surface area contributed by atoms with Crippen LogP contribution in [0.5, 0.6) is 0 Å². The van der Waals surface area contributed by atoms with Gasteiger partial charge in [0.25, 0.3) is 0 Å². The van der Waals surface area contributed by atoms with Gasteiger partial charge in [-0.15, -0.1) is 10.6 Å². The van der Waals surface area contributed by atoms with Gasteiger partial charge in [-0.1, -0.05) is 0 Å². The molecule has 1 aromatic carbocycles. The summed E-state index contributed by atoms with van der Waals surface area (Å²) in [4.78, 5) is 22.5. The number of piperazine rings is 1. The number of aliphatic imine (C=N–C) groups is 1. The number of fused-ring (bicyclic) bond motifs is 2. The highest BCUT2D eigenvalue weighted by Gasteiger charge is 2.41. The van der Waals surface area contributed by atoms with Crippen LogP contribution in [0.4, 0.5) is 23.1 Å². The predicted octanol–water partition coefficient (Wildman–Crippen LogP) is 5.08. The quantitative estimate of drug-likeness (QED) is 0.245. The highest BCUT2D eigenvalue weighted by atomic mass is 32.3. The van der Waals surface area contributed by atoms with E-state index in [9.17, 15) is 9.11 Å². The Morgan fingerprint density at radius 3 is 2.63 bits per heavy atom. The van der Waals surface area contributed by atoms with E-state index >= 15 is 0 Å². The fraction of sp³-hybridized carbons (Fsp3) is 0.370. The van der Waals surface area contributed by atoms with E-state index in [0.717, 1.165) is 37.2 Å². The molecule has 0 amide bonds. The van der Waals surface area contributed by atoms with Crippen LogP contribution < -0.4 is 10.2 Å². The van der Waals surface area contributed by atoms with Crippen LogP contribution >= 0.6 is 10.6 Å². The third-order valence-electron chi connectivity index (χ3n) is 7.60. The number of rotatable bonds is 7. The van der Waals surface area contributed by atoms with Crippen LogP contribution in [-0.4, -0.2) is 77.7 Å². The molecule has 2 aliphatic heterocycles. The number of pyridine rings is 1. The summed E-state index contributed by atoms with van der Waals surface area (Å²) in [7, 11) is -0.834. The van der Waals surface area contributed by atoms with Gasteiger partial charge in [-0.25, -0.2) is 19.9 Å². The van der Waals surface area contributed by atoms with Crippen molar-refractivity contribution in [1.29, 1.82) is 5.41 Å². The second-order valence-electron chi connectivity index (χ2n) is 10.3. The summed E-state index contributed by atoms with van der Waals surface area (Å²) in [6, 6.07) is 13.0. The Morgan fingerprint density at radius 1 is 1.13 bits per heavy atom. The molecular formula is C27H32N8O2S. The average Bonchev–Trinajstić information content (AvgIpc) is 3.62. The monoisotopic (exact) mass is 532 g/mol. The van der Waals surface area contributed by atoms with Crippen LogP contribution in [0.25, 0.3) is 11.3 Å². The third kappa shape index (κ3) is 4.90. The summed E-state index contributed by atoms with van der Waals surface area (Å²) >= 11 is 0. The summed E-state index contributed by atoms with van der Waals surface area (Å²) in [6.07, 6.45) is 7.27. The molecule has 0 radical (unpaired) electrons. The number of aromatic nitrogens is 3. The lowest BCUT2D eigenvalue weighted by Gasteiger charge is -2.34. The maximum atomic E-state index is 10.1. The highest BCUT2D eigenvalue weighted by molar-refractivity contribution is 8.38. The first-order valence-corrected chi connectivity index (χ1v) is 14.4. The first kappa shape index (κ1) is 24.9. The molecule has 2 saturated heterocycles. The fourth-order valence-electron chi connectivity index (χ4n) is 5.32. The van der Waals surface area contributed by atoms with Crippen molar-refractivity contribution >= 4 is 45.0 Å². The van der Waals surface area contributed by atoms with Gasteiger partial charge in [0.15, 0.2) is 10.9 Å². The van der Waals surface area contributed by atoms with Crippen molar-refractivity contribution in [2.24, 2.45) is 4.99 Å². The number of hydrogen-bond donors (Lipinski definition) is 4. The van der Waals surface area contributed by atoms with Crippen molar-refractivity contribution < 1.29 is 9.11 Å². The lowest BCUT2D eigenvalue weighted by Crippen LogP contribution is -2.44. The Kier molecular flexibility index (Phi) is 6.39. The molecule has 1 saturated carbocycles. The molecule has 198 valence electrons. The van der Waals surface area contributed by atoms with Gasteiger partial charge in [0.1, 0.15) is 0 Å². The maximum absolute atomic E-state index is 10.1. The van der Waals surface area contributed by atoms with Gasteiger partial charge in [0.05, 0.1) is 17.2 Å². The summed E-state index contributed by atoms with van der Waals surface area (Å²) in [5, 5.41) is 10.8. The molecule has 3 aromatic rings. The minimum Gasteiger partial charge on any atom is -0.365 e. The minimum atomic E-state index is -3.05. The van der Waals surface area contributed by atoms with E-state index in [2.05, 4.69) is 67.2 Å². The van der Waals surface area contributed by atoms with Gasteiger partial charge in [0.2, 0.25) is 5.95 Å². The molecule has 11 heteroatoms. The summed E-state index contributed by atoms with van der Waals surface area (Å²) in [5.74, 6) is 0.877. The first-order chi connectivity index (χ1) is 18.3. The predicted molar refractivity (Wildman–Crippen MR) is 154 cm³/mol. The molecule has 3 aliphatic rings. The topological polar surface area (TPSA) is 134 Å². The molecule has 0 spiro atoms. The van der Waals surface area contributed by atoms with Crippen molar-refractivity contribution in [1.82, 2.24) is 19.9 Å². The maximum Gasteiger partial charge on any atom is 0.227 e. The fourth-order valence-corrected chi connectivity index (χ4v) is 6.68. The summed E-state index contributed by atoms with van der Waals surface area (Å²) < 4.78 is 20.2. The number of likely N-dealkylation sites (tertiary alicyclic amines) is 1. The molecule has 2 atom stereocenters. The van der Waals surface area contributed by atoms with Crippen LogP contribution in [0, 0.1) is 12.3 Å². The number of likely N-dealkylation sites (N-methyl/N-ethyl adjacent to an activating group) is 1. The van der Waals surface area contributed by atoms with Crippen molar-refractivity contribution in [3.05, 3.63) is 54.4 Å². The highest BCUT2D eigenvalue weighted by Crippen LogP contribution is 2.56. The van der Waals surface area contributed by atoms with Gasteiger partial charge in [-0.3, -0.25) is 19.4 Å². The summed E-state index contributed by atoms with van der Waals surface area (Å²) in [5.41, 5.74) is 4.98. The van der Waals surface area contributed by atoms with E-state index in [1.165, 1.54) is 23.9 Å². The molecule has 38 heavy (non-hydrogen) atoms. The van der Waals surface area contributed by atoms with Crippen LogP contribution in [-0.2, 0) is 0 Å². The van der Waals surface area contributed by atoms with Crippen LogP contribution in [0.3, 0.4) is 0 Å². The molecule has 3 fully saturated rings. The number of anilines is 3. The van der Waals surface area contributed by atoms with E-state index in [1.807, 2.05) is 12.1 Å². The Labute approximate surface area is 223 Å². The average molecular weight is 533 g/mol. The molecule has 4 N–H and O–H groups in total. The van der Waals surface area contributed by atoms with Crippen molar-refractivity contribution in [3.63, 3.8) is 0 Å². The number of aryl methyl sites for hydroxylation is 1. The number of benzene rings is 1.